The summed E-state index contributed by atoms with van der Waals surface area (Å²) in [6, 6.07) is 11.2. The number of nitrogens with zero attached hydrogens (tertiary/aromatic N) is 2. The van der Waals surface area contributed by atoms with Gasteiger partial charge in [-0.15, -0.1) is 0 Å². The molecule has 1 atom stereocenters. The van der Waals surface area contributed by atoms with Crippen molar-refractivity contribution in [3.8, 4) is 11.3 Å². The van der Waals surface area contributed by atoms with Crippen molar-refractivity contribution in [3.63, 3.8) is 0 Å². The fraction of sp³-hybridized carbons (Fsp3) is 0.118. The minimum Gasteiger partial charge on any atom is -0.377 e. The molecule has 0 radical (unpaired) electrons. The van der Waals surface area contributed by atoms with Crippen LogP contribution in [0.2, 0.25) is 5.02 Å². The molecule has 2 aromatic heterocycles. The summed E-state index contributed by atoms with van der Waals surface area (Å²) in [6.07, 6.45) is 4.15. The predicted octanol–water partition coefficient (Wildman–Crippen LogP) is 3.19. The molecule has 1 aromatic carbocycles. The van der Waals surface area contributed by atoms with Gasteiger partial charge >= 0.3 is 0 Å². The molecule has 114 valence electrons. The van der Waals surface area contributed by atoms with Gasteiger partial charge in [-0.25, -0.2) is 5.10 Å². The van der Waals surface area contributed by atoms with E-state index in [9.17, 15) is 4.79 Å². The van der Waals surface area contributed by atoms with Gasteiger partial charge < -0.3 is 5.32 Å². The Balaban J connectivity index is 1.72. The zero-order chi connectivity index (χ0) is 15.8. The van der Waals surface area contributed by atoms with E-state index in [2.05, 4.69) is 20.5 Å². The molecule has 23 heavy (non-hydrogen) atoms. The van der Waals surface area contributed by atoms with Crippen LogP contribution in [0.4, 0.5) is 5.69 Å². The standard InChI is InChI=1S/C17H13ClN4O/c18-12-2-1-11-7-16(20-14(11)8-12)13-9-15(21-22-17(13)23)10-3-5-19-6-4-10/h1-6,8-9,16,20H,7H2,(H,22,23). The lowest BCUT2D eigenvalue weighted by Gasteiger charge is -2.11. The number of anilines is 1. The summed E-state index contributed by atoms with van der Waals surface area (Å²) < 4.78 is 0. The highest BCUT2D eigenvalue weighted by Gasteiger charge is 2.25. The number of fused-ring (bicyclic) bond motifs is 1. The molecule has 1 aliphatic rings. The second kappa shape index (κ2) is 5.52. The van der Waals surface area contributed by atoms with Gasteiger partial charge in [0.2, 0.25) is 0 Å². The third kappa shape index (κ3) is 2.59. The maximum atomic E-state index is 12.2. The molecule has 4 rings (SSSR count). The predicted molar refractivity (Wildman–Crippen MR) is 89.6 cm³/mol. The van der Waals surface area contributed by atoms with Gasteiger partial charge in [0.15, 0.2) is 0 Å². The molecule has 0 saturated carbocycles. The number of aromatic amines is 1. The molecule has 6 heteroatoms. The molecular weight excluding hydrogens is 312 g/mol. The first kappa shape index (κ1) is 14.0. The summed E-state index contributed by atoms with van der Waals surface area (Å²) in [5, 5.41) is 10.8. The molecule has 0 bridgehead atoms. The minimum atomic E-state index is -0.181. The van der Waals surface area contributed by atoms with Crippen molar-refractivity contribution in [3.05, 3.63) is 75.3 Å². The van der Waals surface area contributed by atoms with Gasteiger partial charge in [0.1, 0.15) is 0 Å². The number of halogens is 1. The molecule has 0 spiro atoms. The van der Waals surface area contributed by atoms with Gasteiger partial charge in [0, 0.05) is 34.2 Å². The monoisotopic (exact) mass is 324 g/mol. The van der Waals surface area contributed by atoms with Gasteiger partial charge in [-0.05, 0) is 42.3 Å². The Hall–Kier alpha value is -2.66. The number of hydrogen-bond acceptors (Lipinski definition) is 4. The van der Waals surface area contributed by atoms with Crippen LogP contribution in [0.15, 0.2) is 53.6 Å². The maximum Gasteiger partial charge on any atom is 0.269 e. The Morgan fingerprint density at radius 3 is 2.78 bits per heavy atom. The number of aromatic nitrogens is 3. The van der Waals surface area contributed by atoms with Crippen molar-refractivity contribution >= 4 is 17.3 Å². The van der Waals surface area contributed by atoms with Crippen molar-refractivity contribution in [2.75, 3.05) is 5.32 Å². The molecule has 0 fully saturated rings. The van der Waals surface area contributed by atoms with Crippen molar-refractivity contribution in [1.82, 2.24) is 15.2 Å². The van der Waals surface area contributed by atoms with Gasteiger partial charge in [-0.1, -0.05) is 17.7 Å². The third-order valence-electron chi connectivity index (χ3n) is 4.01. The molecule has 0 amide bonds. The first-order valence-corrected chi connectivity index (χ1v) is 7.63. The van der Waals surface area contributed by atoms with E-state index < -0.39 is 0 Å². The first-order chi connectivity index (χ1) is 11.2. The number of pyridine rings is 1. The second-order valence-electron chi connectivity index (χ2n) is 5.48. The van der Waals surface area contributed by atoms with E-state index >= 15 is 0 Å². The van der Waals surface area contributed by atoms with E-state index in [1.165, 1.54) is 0 Å². The van der Waals surface area contributed by atoms with Crippen LogP contribution < -0.4 is 10.9 Å². The molecule has 1 aliphatic heterocycles. The number of rotatable bonds is 2. The zero-order valence-corrected chi connectivity index (χ0v) is 12.8. The van der Waals surface area contributed by atoms with Gasteiger partial charge in [0.05, 0.1) is 11.7 Å². The lowest BCUT2D eigenvalue weighted by atomic mass is 10.0. The van der Waals surface area contributed by atoms with Crippen molar-refractivity contribution in [2.45, 2.75) is 12.5 Å². The Morgan fingerprint density at radius 1 is 1.13 bits per heavy atom. The SMILES string of the molecule is O=c1[nH]nc(-c2ccncc2)cc1C1Cc2ccc(Cl)cc2N1. The van der Waals surface area contributed by atoms with Crippen LogP contribution in [-0.2, 0) is 6.42 Å². The highest BCUT2D eigenvalue weighted by molar-refractivity contribution is 6.30. The van der Waals surface area contributed by atoms with Crippen LogP contribution in [0, 0.1) is 0 Å². The maximum absolute atomic E-state index is 12.2. The number of hydrogen-bond donors (Lipinski definition) is 2. The Labute approximate surface area is 137 Å². The molecule has 3 aromatic rings. The highest BCUT2D eigenvalue weighted by Crippen LogP contribution is 2.35. The first-order valence-electron chi connectivity index (χ1n) is 7.26. The largest absolute Gasteiger partial charge is 0.377 e. The van der Waals surface area contributed by atoms with Crippen LogP contribution >= 0.6 is 11.6 Å². The van der Waals surface area contributed by atoms with E-state index in [0.717, 1.165) is 28.9 Å². The molecular formula is C17H13ClN4O. The summed E-state index contributed by atoms with van der Waals surface area (Å²) >= 11 is 6.03. The minimum absolute atomic E-state index is 0.0872. The van der Waals surface area contributed by atoms with Crippen molar-refractivity contribution < 1.29 is 0 Å². The zero-order valence-electron chi connectivity index (χ0n) is 12.1. The average Bonchev–Trinajstić information content (AvgIpc) is 2.99. The molecule has 5 nitrogen and oxygen atoms in total. The van der Waals surface area contributed by atoms with Gasteiger partial charge in [-0.2, -0.15) is 5.10 Å². The van der Waals surface area contributed by atoms with Gasteiger partial charge in [0.25, 0.3) is 5.56 Å². The van der Waals surface area contributed by atoms with Crippen LogP contribution in [0.3, 0.4) is 0 Å². The lowest BCUT2D eigenvalue weighted by Crippen LogP contribution is -2.21. The van der Waals surface area contributed by atoms with Gasteiger partial charge in [-0.3, -0.25) is 9.78 Å². The summed E-state index contributed by atoms with van der Waals surface area (Å²) in [5.74, 6) is 0. The van der Waals surface area contributed by atoms with E-state index in [1.807, 2.05) is 36.4 Å². The molecule has 3 heterocycles. The fourth-order valence-electron chi connectivity index (χ4n) is 2.86. The number of benzene rings is 1. The van der Waals surface area contributed by atoms with Crippen molar-refractivity contribution in [1.29, 1.82) is 0 Å². The summed E-state index contributed by atoms with van der Waals surface area (Å²) in [7, 11) is 0. The summed E-state index contributed by atoms with van der Waals surface area (Å²) in [5.41, 5.74) is 4.25. The molecule has 0 aliphatic carbocycles. The van der Waals surface area contributed by atoms with Crippen LogP contribution in [0.25, 0.3) is 11.3 Å². The Morgan fingerprint density at radius 2 is 1.96 bits per heavy atom. The Kier molecular flexibility index (Phi) is 3.35. The van der Waals surface area contributed by atoms with E-state index in [-0.39, 0.29) is 11.6 Å². The normalized spacial score (nSPS) is 16.0. The second-order valence-corrected chi connectivity index (χ2v) is 5.91. The van der Waals surface area contributed by atoms with E-state index in [1.54, 1.807) is 12.4 Å². The molecule has 2 N–H and O–H groups in total. The van der Waals surface area contributed by atoms with E-state index in [4.69, 9.17) is 11.6 Å². The smallest absolute Gasteiger partial charge is 0.269 e. The van der Waals surface area contributed by atoms with E-state index in [0.29, 0.717) is 10.6 Å². The fourth-order valence-corrected chi connectivity index (χ4v) is 3.03. The third-order valence-corrected chi connectivity index (χ3v) is 4.24. The average molecular weight is 325 g/mol. The van der Waals surface area contributed by atoms with Crippen LogP contribution in [0.5, 0.6) is 0 Å². The quantitative estimate of drug-likeness (QED) is 0.759. The number of H-pyrrole nitrogens is 1. The van der Waals surface area contributed by atoms with Crippen LogP contribution in [0.1, 0.15) is 17.2 Å². The van der Waals surface area contributed by atoms with Crippen molar-refractivity contribution in [2.24, 2.45) is 0 Å². The Bertz CT molecular complexity index is 923. The molecule has 0 saturated heterocycles. The topological polar surface area (TPSA) is 70.7 Å². The number of nitrogens with one attached hydrogen (secondary N) is 2. The lowest BCUT2D eigenvalue weighted by molar-refractivity contribution is 0.792. The van der Waals surface area contributed by atoms with Crippen LogP contribution in [-0.4, -0.2) is 15.2 Å². The summed E-state index contributed by atoms with van der Waals surface area (Å²) in [6.45, 7) is 0. The summed E-state index contributed by atoms with van der Waals surface area (Å²) in [4.78, 5) is 16.2. The molecule has 1 unspecified atom stereocenters. The highest BCUT2D eigenvalue weighted by atomic mass is 35.5.